The van der Waals surface area contributed by atoms with Crippen molar-refractivity contribution in [2.45, 2.75) is 0 Å². The van der Waals surface area contributed by atoms with Crippen LogP contribution in [0.25, 0.3) is 99.5 Å². The van der Waals surface area contributed by atoms with E-state index in [-0.39, 0.29) is 0 Å². The van der Waals surface area contributed by atoms with Gasteiger partial charge in [-0.2, -0.15) is 0 Å². The van der Waals surface area contributed by atoms with Gasteiger partial charge in [-0.05, 0) is 93.7 Å². The molecule has 12 rings (SSSR count). The molecular weight excluding hydrogens is 713 g/mol. The number of hydrogen-bond donors (Lipinski definition) is 0. The zero-order valence-electron chi connectivity index (χ0n) is 31.1. The number of nitrogens with zero attached hydrogens (tertiary/aromatic N) is 2. The third-order valence-electron chi connectivity index (χ3n) is 11.3. The van der Waals surface area contributed by atoms with E-state index in [0.717, 1.165) is 94.3 Å². The van der Waals surface area contributed by atoms with Crippen molar-refractivity contribution in [2.24, 2.45) is 0 Å². The fraction of sp³-hybridized carbons (Fsp3) is 0. The number of anilines is 3. The minimum Gasteiger partial charge on any atom is -0.456 e. The number of benzene rings is 9. The molecule has 5 nitrogen and oxygen atoms in total. The first kappa shape index (κ1) is 32.4. The maximum atomic E-state index is 7.00. The number of oxazole rings is 1. The summed E-state index contributed by atoms with van der Waals surface area (Å²) in [5.74, 6) is 0.519. The van der Waals surface area contributed by atoms with Gasteiger partial charge in [-0.1, -0.05) is 127 Å². The van der Waals surface area contributed by atoms with Crippen LogP contribution in [0.1, 0.15) is 0 Å². The van der Waals surface area contributed by atoms with E-state index in [2.05, 4.69) is 144 Å². The summed E-state index contributed by atoms with van der Waals surface area (Å²) in [5.41, 5.74) is 12.8. The van der Waals surface area contributed by atoms with Gasteiger partial charge in [0.05, 0.1) is 11.1 Å². The summed E-state index contributed by atoms with van der Waals surface area (Å²) in [7, 11) is 0. The lowest BCUT2D eigenvalue weighted by Crippen LogP contribution is -2.10. The molecule has 5 heteroatoms. The van der Waals surface area contributed by atoms with Crippen molar-refractivity contribution in [2.75, 3.05) is 4.90 Å². The first-order valence-corrected chi connectivity index (χ1v) is 19.4. The third kappa shape index (κ3) is 5.21. The van der Waals surface area contributed by atoms with Gasteiger partial charge in [0.1, 0.15) is 27.8 Å². The highest BCUT2D eigenvalue weighted by Crippen LogP contribution is 2.47. The summed E-state index contributed by atoms with van der Waals surface area (Å²) in [6.45, 7) is 0. The van der Waals surface area contributed by atoms with Crippen molar-refractivity contribution >= 4 is 82.8 Å². The second-order valence-electron chi connectivity index (χ2n) is 14.7. The summed E-state index contributed by atoms with van der Waals surface area (Å²) in [5, 5.41) is 6.41. The van der Waals surface area contributed by atoms with Crippen LogP contribution in [-0.2, 0) is 0 Å². The Morgan fingerprint density at radius 3 is 1.86 bits per heavy atom. The summed E-state index contributed by atoms with van der Waals surface area (Å²) < 4.78 is 19.8. The van der Waals surface area contributed by atoms with Crippen molar-refractivity contribution < 1.29 is 13.3 Å². The van der Waals surface area contributed by atoms with Crippen LogP contribution in [0.4, 0.5) is 17.1 Å². The topological polar surface area (TPSA) is 55.6 Å². The van der Waals surface area contributed by atoms with Gasteiger partial charge in [0.15, 0.2) is 5.58 Å². The van der Waals surface area contributed by atoms with Gasteiger partial charge in [-0.15, -0.1) is 0 Å². The van der Waals surface area contributed by atoms with Crippen molar-refractivity contribution in [3.8, 4) is 33.7 Å². The molecule has 9 aromatic carbocycles. The predicted molar refractivity (Wildman–Crippen MR) is 237 cm³/mol. The Morgan fingerprint density at radius 2 is 1.00 bits per heavy atom. The number of aromatic nitrogens is 1. The lowest BCUT2D eigenvalue weighted by molar-refractivity contribution is 0.619. The van der Waals surface area contributed by atoms with Crippen LogP contribution in [-0.4, -0.2) is 4.98 Å². The first-order chi connectivity index (χ1) is 28.7. The zero-order valence-corrected chi connectivity index (χ0v) is 31.1. The van der Waals surface area contributed by atoms with E-state index in [9.17, 15) is 0 Å². The van der Waals surface area contributed by atoms with E-state index in [1.165, 1.54) is 10.8 Å². The Balaban J connectivity index is 1.09. The van der Waals surface area contributed by atoms with Crippen molar-refractivity contribution in [1.29, 1.82) is 0 Å². The maximum absolute atomic E-state index is 7.00. The zero-order chi connectivity index (χ0) is 38.2. The van der Waals surface area contributed by atoms with Crippen LogP contribution < -0.4 is 4.90 Å². The molecule has 0 aliphatic heterocycles. The molecule has 0 aliphatic carbocycles. The fourth-order valence-corrected chi connectivity index (χ4v) is 8.47. The molecule has 0 atom stereocenters. The lowest BCUT2D eigenvalue weighted by atomic mass is 10.0. The average Bonchev–Trinajstić information content (AvgIpc) is 4.00. The van der Waals surface area contributed by atoms with Gasteiger partial charge in [-0.25, -0.2) is 4.98 Å². The molecule has 0 fully saturated rings. The molecule has 3 aromatic heterocycles. The molecule has 0 aliphatic rings. The highest BCUT2D eigenvalue weighted by atomic mass is 16.4. The SMILES string of the molecule is c1ccc(-c2cccc(N(c3ccc(-c4ccc5ccccc5c4)cc3)c3cc4oc5ccccc5c4c4nc(-c5ccc6oc7ccccc7c6c5)oc34)c2)cc1. The average molecular weight is 745 g/mol. The molecule has 0 radical (unpaired) electrons. The number of rotatable bonds is 6. The fourth-order valence-electron chi connectivity index (χ4n) is 8.47. The predicted octanol–water partition coefficient (Wildman–Crippen LogP) is 15.3. The van der Waals surface area contributed by atoms with Crippen molar-refractivity contribution in [1.82, 2.24) is 4.98 Å². The van der Waals surface area contributed by atoms with E-state index < -0.39 is 0 Å². The van der Waals surface area contributed by atoms with E-state index in [1.807, 2.05) is 54.6 Å². The Bertz CT molecular complexity index is 3520. The smallest absolute Gasteiger partial charge is 0.227 e. The summed E-state index contributed by atoms with van der Waals surface area (Å²) in [6, 6.07) is 67.5. The van der Waals surface area contributed by atoms with E-state index in [4.69, 9.17) is 18.2 Å². The lowest BCUT2D eigenvalue weighted by Gasteiger charge is -2.26. The third-order valence-corrected chi connectivity index (χ3v) is 11.3. The normalized spacial score (nSPS) is 11.8. The molecule has 0 saturated heterocycles. The quantitative estimate of drug-likeness (QED) is 0.170. The Kier molecular flexibility index (Phi) is 7.16. The Labute approximate surface area is 332 Å². The van der Waals surface area contributed by atoms with Crippen molar-refractivity contribution in [3.05, 3.63) is 194 Å². The largest absolute Gasteiger partial charge is 0.456 e. The van der Waals surface area contributed by atoms with Gasteiger partial charge >= 0.3 is 0 Å². The second-order valence-corrected chi connectivity index (χ2v) is 14.7. The Hall–Kier alpha value is -7.89. The van der Waals surface area contributed by atoms with Crippen LogP contribution >= 0.6 is 0 Å². The highest BCUT2D eigenvalue weighted by molar-refractivity contribution is 6.20. The standard InChI is InChI=1S/C53H32N2O3/c1-2-11-33(12-3-1)37-15-10-16-41(30-37)55(40-26-23-35(24-27-40)38-22-21-34-13-4-5-14-36(34)29-38)45-32-49-50(43-18-7-9-20-47(43)57-49)51-52(45)58-53(54-51)39-25-28-48-44(31-39)42-17-6-8-19-46(42)56-48/h1-32H. The van der Waals surface area contributed by atoms with E-state index in [0.29, 0.717) is 11.5 Å². The number of fused-ring (bicyclic) bond motifs is 9. The summed E-state index contributed by atoms with van der Waals surface area (Å²) >= 11 is 0. The first-order valence-electron chi connectivity index (χ1n) is 19.4. The monoisotopic (exact) mass is 744 g/mol. The van der Waals surface area contributed by atoms with Crippen LogP contribution in [0.15, 0.2) is 207 Å². The van der Waals surface area contributed by atoms with Crippen LogP contribution in [0.3, 0.4) is 0 Å². The van der Waals surface area contributed by atoms with Gasteiger partial charge in [-0.3, -0.25) is 0 Å². The second kappa shape index (κ2) is 12.8. The molecule has 0 amide bonds. The van der Waals surface area contributed by atoms with Gasteiger partial charge in [0.25, 0.3) is 0 Å². The minimum atomic E-state index is 0.519. The molecule has 0 unspecified atom stereocenters. The minimum absolute atomic E-state index is 0.519. The van der Waals surface area contributed by atoms with Crippen LogP contribution in [0.5, 0.6) is 0 Å². The summed E-state index contributed by atoms with van der Waals surface area (Å²) in [6.07, 6.45) is 0. The van der Waals surface area contributed by atoms with E-state index >= 15 is 0 Å². The number of furan rings is 2. The molecule has 12 aromatic rings. The van der Waals surface area contributed by atoms with Crippen molar-refractivity contribution in [3.63, 3.8) is 0 Å². The highest BCUT2D eigenvalue weighted by Gasteiger charge is 2.26. The molecule has 0 spiro atoms. The van der Waals surface area contributed by atoms with Gasteiger partial charge in [0.2, 0.25) is 5.89 Å². The molecule has 0 bridgehead atoms. The van der Waals surface area contributed by atoms with Crippen LogP contribution in [0, 0.1) is 0 Å². The molecule has 272 valence electrons. The van der Waals surface area contributed by atoms with E-state index in [1.54, 1.807) is 0 Å². The number of para-hydroxylation sites is 2. The molecular formula is C53H32N2O3. The molecule has 0 N–H and O–H groups in total. The van der Waals surface area contributed by atoms with Gasteiger partial charge in [0, 0.05) is 39.2 Å². The maximum Gasteiger partial charge on any atom is 0.227 e. The van der Waals surface area contributed by atoms with Gasteiger partial charge < -0.3 is 18.2 Å². The molecule has 58 heavy (non-hydrogen) atoms. The Morgan fingerprint density at radius 1 is 0.362 bits per heavy atom. The summed E-state index contributed by atoms with van der Waals surface area (Å²) in [4.78, 5) is 7.55. The number of hydrogen-bond acceptors (Lipinski definition) is 5. The van der Waals surface area contributed by atoms with Crippen LogP contribution in [0.2, 0.25) is 0 Å². The molecule has 3 heterocycles. The molecule has 0 saturated carbocycles.